The first kappa shape index (κ1) is 15.9. The van der Waals surface area contributed by atoms with E-state index in [0.717, 1.165) is 23.7 Å². The quantitative estimate of drug-likeness (QED) is 0.483. The average Bonchev–Trinajstić information content (AvgIpc) is 2.52. The first-order valence-corrected chi connectivity index (χ1v) is 9.11. The predicted octanol–water partition coefficient (Wildman–Crippen LogP) is 6.53. The highest BCUT2D eigenvalue weighted by Gasteiger charge is 2.30. The van der Waals surface area contributed by atoms with Gasteiger partial charge in [-0.3, -0.25) is 0 Å². The Hall–Kier alpha value is -0.520. The molecule has 0 heterocycles. The number of rotatable bonds is 6. The van der Waals surface area contributed by atoms with E-state index in [0.29, 0.717) is 0 Å². The molecule has 0 aromatic heterocycles. The van der Waals surface area contributed by atoms with Gasteiger partial charge >= 0.3 is 0 Å². The molecular formula is C20H34. The largest absolute Gasteiger partial charge is 0.0991 e. The maximum absolute atomic E-state index is 3.73. The van der Waals surface area contributed by atoms with Gasteiger partial charge in [0.25, 0.3) is 0 Å². The van der Waals surface area contributed by atoms with E-state index in [2.05, 4.69) is 25.7 Å². The number of hydrogen-bond acceptors (Lipinski definition) is 0. The average molecular weight is 274 g/mol. The van der Waals surface area contributed by atoms with Crippen molar-refractivity contribution in [3.63, 3.8) is 0 Å². The van der Waals surface area contributed by atoms with Crippen molar-refractivity contribution < 1.29 is 0 Å². The van der Waals surface area contributed by atoms with Crippen molar-refractivity contribution in [1.29, 1.82) is 0 Å². The third kappa shape index (κ3) is 4.79. The van der Waals surface area contributed by atoms with E-state index in [1.165, 1.54) is 70.6 Å². The van der Waals surface area contributed by atoms with Gasteiger partial charge < -0.3 is 0 Å². The fraction of sp³-hybridized carbons (Fsp3) is 0.800. The standard InChI is InChI=1S/C20H34/c1-3-5-6-7-8-18-11-15-20(16-12-18)19-13-9-17(4-2)10-14-19/h3,5-6,17-20H,1,4,7-16H2,2H3. The molecule has 0 amide bonds. The van der Waals surface area contributed by atoms with Crippen LogP contribution in [0.5, 0.6) is 0 Å². The Morgan fingerprint density at radius 2 is 1.40 bits per heavy atom. The minimum absolute atomic E-state index is 1.01. The minimum Gasteiger partial charge on any atom is -0.0991 e. The lowest BCUT2D eigenvalue weighted by Crippen LogP contribution is -2.25. The molecule has 0 spiro atoms. The molecule has 0 N–H and O–H groups in total. The minimum atomic E-state index is 1.01. The van der Waals surface area contributed by atoms with Gasteiger partial charge in [-0.1, -0.05) is 63.8 Å². The molecular weight excluding hydrogens is 240 g/mol. The molecule has 2 saturated carbocycles. The highest BCUT2D eigenvalue weighted by atomic mass is 14.4. The summed E-state index contributed by atoms with van der Waals surface area (Å²) >= 11 is 0. The van der Waals surface area contributed by atoms with Crippen LogP contribution in [-0.4, -0.2) is 0 Å². The van der Waals surface area contributed by atoms with Crippen LogP contribution >= 0.6 is 0 Å². The molecule has 0 saturated heterocycles. The maximum atomic E-state index is 3.73. The SMILES string of the molecule is C=CC=CCCC1CCC(C2CCC(CC)CC2)CC1. The van der Waals surface area contributed by atoms with Crippen LogP contribution in [0, 0.1) is 23.7 Å². The second-order valence-electron chi connectivity index (χ2n) is 7.21. The van der Waals surface area contributed by atoms with Crippen molar-refractivity contribution in [2.75, 3.05) is 0 Å². The Kier molecular flexibility index (Phi) is 6.90. The van der Waals surface area contributed by atoms with E-state index in [-0.39, 0.29) is 0 Å². The van der Waals surface area contributed by atoms with Crippen LogP contribution in [-0.2, 0) is 0 Å². The second-order valence-corrected chi connectivity index (χ2v) is 7.21. The summed E-state index contributed by atoms with van der Waals surface area (Å²) in [6, 6.07) is 0. The van der Waals surface area contributed by atoms with E-state index in [4.69, 9.17) is 0 Å². The molecule has 0 radical (unpaired) electrons. The molecule has 0 aromatic carbocycles. The van der Waals surface area contributed by atoms with Crippen LogP contribution in [0.15, 0.2) is 24.8 Å². The Labute approximate surface area is 126 Å². The summed E-state index contributed by atoms with van der Waals surface area (Å²) in [4.78, 5) is 0. The van der Waals surface area contributed by atoms with Crippen LogP contribution in [0.2, 0.25) is 0 Å². The third-order valence-electron chi connectivity index (χ3n) is 6.04. The zero-order valence-corrected chi connectivity index (χ0v) is 13.5. The lowest BCUT2D eigenvalue weighted by molar-refractivity contribution is 0.143. The van der Waals surface area contributed by atoms with Crippen LogP contribution in [0.25, 0.3) is 0 Å². The van der Waals surface area contributed by atoms with Gasteiger partial charge in [0.1, 0.15) is 0 Å². The summed E-state index contributed by atoms with van der Waals surface area (Å²) < 4.78 is 0. The van der Waals surface area contributed by atoms with E-state index < -0.39 is 0 Å². The molecule has 2 aliphatic carbocycles. The molecule has 20 heavy (non-hydrogen) atoms. The van der Waals surface area contributed by atoms with E-state index in [1.807, 2.05) is 6.08 Å². The van der Waals surface area contributed by atoms with Crippen LogP contribution in [0.3, 0.4) is 0 Å². The molecule has 114 valence electrons. The van der Waals surface area contributed by atoms with Crippen LogP contribution in [0.1, 0.15) is 77.6 Å². The van der Waals surface area contributed by atoms with Crippen molar-refractivity contribution in [3.8, 4) is 0 Å². The second kappa shape index (κ2) is 8.70. The van der Waals surface area contributed by atoms with Crippen molar-refractivity contribution >= 4 is 0 Å². The van der Waals surface area contributed by atoms with Crippen LogP contribution < -0.4 is 0 Å². The van der Waals surface area contributed by atoms with E-state index in [1.54, 1.807) is 0 Å². The molecule has 0 aliphatic heterocycles. The fourth-order valence-corrected chi connectivity index (χ4v) is 4.54. The molecule has 0 nitrogen and oxygen atoms in total. The number of hydrogen-bond donors (Lipinski definition) is 0. The van der Waals surface area contributed by atoms with Crippen LogP contribution in [0.4, 0.5) is 0 Å². The summed E-state index contributed by atoms with van der Waals surface area (Å²) in [7, 11) is 0. The van der Waals surface area contributed by atoms with Gasteiger partial charge in [0, 0.05) is 0 Å². The Morgan fingerprint density at radius 1 is 0.850 bits per heavy atom. The van der Waals surface area contributed by atoms with Gasteiger partial charge in [-0.05, 0) is 62.2 Å². The first-order chi connectivity index (χ1) is 9.83. The lowest BCUT2D eigenvalue weighted by atomic mass is 9.68. The molecule has 0 aromatic rings. The fourth-order valence-electron chi connectivity index (χ4n) is 4.54. The monoisotopic (exact) mass is 274 g/mol. The predicted molar refractivity (Wildman–Crippen MR) is 89.8 cm³/mol. The maximum Gasteiger partial charge on any atom is -0.0345 e. The third-order valence-corrected chi connectivity index (χ3v) is 6.04. The normalized spacial score (nSPS) is 35.2. The Balaban J connectivity index is 1.64. The summed E-state index contributed by atoms with van der Waals surface area (Å²) in [5, 5.41) is 0. The lowest BCUT2D eigenvalue weighted by Gasteiger charge is -2.37. The smallest absolute Gasteiger partial charge is 0.0345 e. The molecule has 0 heteroatoms. The highest BCUT2D eigenvalue weighted by Crippen LogP contribution is 2.42. The molecule has 2 aliphatic rings. The Bertz CT molecular complexity index is 285. The molecule has 0 atom stereocenters. The first-order valence-electron chi connectivity index (χ1n) is 9.11. The summed E-state index contributed by atoms with van der Waals surface area (Å²) in [6.45, 7) is 6.10. The molecule has 2 rings (SSSR count). The molecule has 0 unspecified atom stereocenters. The highest BCUT2D eigenvalue weighted by molar-refractivity contribution is 4.97. The Morgan fingerprint density at radius 3 is 1.90 bits per heavy atom. The van der Waals surface area contributed by atoms with Gasteiger partial charge in [0.05, 0.1) is 0 Å². The van der Waals surface area contributed by atoms with Crippen molar-refractivity contribution in [2.24, 2.45) is 23.7 Å². The van der Waals surface area contributed by atoms with Gasteiger partial charge in [-0.15, -0.1) is 0 Å². The van der Waals surface area contributed by atoms with Crippen molar-refractivity contribution in [2.45, 2.75) is 77.6 Å². The van der Waals surface area contributed by atoms with E-state index >= 15 is 0 Å². The summed E-state index contributed by atoms with van der Waals surface area (Å²) in [6.07, 6.45) is 22.5. The number of allylic oxidation sites excluding steroid dienone is 3. The van der Waals surface area contributed by atoms with Gasteiger partial charge in [0.2, 0.25) is 0 Å². The summed E-state index contributed by atoms with van der Waals surface area (Å²) in [5.41, 5.74) is 0. The zero-order valence-electron chi connectivity index (χ0n) is 13.5. The topological polar surface area (TPSA) is 0 Å². The van der Waals surface area contributed by atoms with Gasteiger partial charge in [-0.25, -0.2) is 0 Å². The van der Waals surface area contributed by atoms with Crippen molar-refractivity contribution in [3.05, 3.63) is 24.8 Å². The van der Waals surface area contributed by atoms with Crippen molar-refractivity contribution in [1.82, 2.24) is 0 Å². The van der Waals surface area contributed by atoms with Gasteiger partial charge in [-0.2, -0.15) is 0 Å². The van der Waals surface area contributed by atoms with Gasteiger partial charge in [0.15, 0.2) is 0 Å². The summed E-state index contributed by atoms with van der Waals surface area (Å²) in [5.74, 6) is 4.22. The molecule has 2 fully saturated rings. The van der Waals surface area contributed by atoms with E-state index in [9.17, 15) is 0 Å². The molecule has 0 bridgehead atoms. The zero-order chi connectivity index (χ0) is 14.2.